The Labute approximate surface area is 516 Å². The van der Waals surface area contributed by atoms with Gasteiger partial charge >= 0.3 is 6.09 Å². The number of amides is 4. The van der Waals surface area contributed by atoms with Crippen LogP contribution in [-0.2, 0) is 70.0 Å². The Hall–Kier alpha value is -7.53. The molecule has 26 nitrogen and oxygen atoms in total. The average molecular weight is 1250 g/mol. The minimum absolute atomic E-state index is 0.0138. The number of aromatic nitrogens is 2. The molecule has 0 saturated heterocycles. The Morgan fingerprint density at radius 1 is 0.659 bits per heavy atom. The SMILES string of the molecule is COc1cc2ncnc(Nc3ccc(F)c(Cl)c3)c2cc1OCCCNC(=O)OCc1ccc(NC(=O)[C@H](CCCCN)NC(=O)[C@H](Cc2ccccc2)NC(=O)CCOCCOCCOCCOCCOCCOCCOCCOCCN=[N+]=[N-])cc1. The van der Waals surface area contributed by atoms with Gasteiger partial charge in [0.05, 0.1) is 130 Å². The molecule has 0 fully saturated rings. The third kappa shape index (κ3) is 29.4. The van der Waals surface area contributed by atoms with Crippen molar-refractivity contribution in [1.29, 1.82) is 0 Å². The Kier molecular flexibility index (Phi) is 35.6. The molecule has 0 aliphatic carbocycles. The molecule has 88 heavy (non-hydrogen) atoms. The van der Waals surface area contributed by atoms with E-state index in [1.54, 1.807) is 36.4 Å². The molecule has 1 aromatic heterocycles. The van der Waals surface area contributed by atoms with E-state index in [1.807, 2.05) is 30.3 Å². The third-order valence-corrected chi connectivity index (χ3v) is 12.8. The summed E-state index contributed by atoms with van der Waals surface area (Å²) in [6, 6.07) is 21.7. The first-order chi connectivity index (χ1) is 43.1. The fourth-order valence-corrected chi connectivity index (χ4v) is 8.20. The first-order valence-electron chi connectivity index (χ1n) is 29.0. The predicted octanol–water partition coefficient (Wildman–Crippen LogP) is 6.98. The van der Waals surface area contributed by atoms with Crippen LogP contribution in [0.3, 0.4) is 0 Å². The van der Waals surface area contributed by atoms with E-state index in [4.69, 9.17) is 75.0 Å². The number of hydrogen-bond donors (Lipinski definition) is 6. The number of nitrogens with two attached hydrogens (primary N) is 1. The molecule has 2 atom stereocenters. The number of ether oxygens (including phenoxy) is 11. The van der Waals surface area contributed by atoms with Crippen LogP contribution < -0.4 is 41.8 Å². The number of nitrogens with zero attached hydrogens (tertiary/aromatic N) is 5. The summed E-state index contributed by atoms with van der Waals surface area (Å²) in [7, 11) is 1.51. The number of fused-ring (bicyclic) bond motifs is 1. The molecule has 0 bridgehead atoms. The molecule has 4 amide bonds. The molecule has 1 heterocycles. The monoisotopic (exact) mass is 1250 g/mol. The smallest absolute Gasteiger partial charge is 0.407 e. The van der Waals surface area contributed by atoms with Gasteiger partial charge in [0, 0.05) is 53.7 Å². The lowest BCUT2D eigenvalue weighted by Gasteiger charge is -2.23. The van der Waals surface area contributed by atoms with Crippen LogP contribution in [0.25, 0.3) is 21.3 Å². The largest absolute Gasteiger partial charge is 0.493 e. The summed E-state index contributed by atoms with van der Waals surface area (Å²) in [5.74, 6) is -0.631. The Morgan fingerprint density at radius 3 is 1.88 bits per heavy atom. The number of rotatable bonds is 48. The number of anilines is 3. The van der Waals surface area contributed by atoms with Crippen LogP contribution >= 0.6 is 11.6 Å². The van der Waals surface area contributed by atoms with Gasteiger partial charge in [0.25, 0.3) is 0 Å². The van der Waals surface area contributed by atoms with Gasteiger partial charge in [0.1, 0.15) is 36.7 Å². The molecular weight excluding hydrogens is 1170 g/mol. The van der Waals surface area contributed by atoms with E-state index < -0.39 is 41.7 Å². The average Bonchev–Trinajstić information content (AvgIpc) is 2.44. The lowest BCUT2D eigenvalue weighted by Crippen LogP contribution is -2.53. The minimum atomic E-state index is -0.998. The highest BCUT2D eigenvalue weighted by Crippen LogP contribution is 2.35. The summed E-state index contributed by atoms with van der Waals surface area (Å²) in [6.07, 6.45) is 2.82. The molecule has 5 rings (SSSR count). The fraction of sp³-hybridized carbons (Fsp3) is 0.500. The van der Waals surface area contributed by atoms with E-state index in [1.165, 1.54) is 31.6 Å². The Morgan fingerprint density at radius 2 is 1.27 bits per heavy atom. The van der Waals surface area contributed by atoms with Crippen molar-refractivity contribution in [2.24, 2.45) is 10.8 Å². The summed E-state index contributed by atoms with van der Waals surface area (Å²) in [5.41, 5.74) is 17.0. The Bertz CT molecular complexity index is 2870. The molecule has 0 aliphatic rings. The van der Waals surface area contributed by atoms with Gasteiger partial charge in [-0.15, -0.1) is 0 Å². The second-order valence-electron chi connectivity index (χ2n) is 19.1. The van der Waals surface area contributed by atoms with Crippen LogP contribution in [0.5, 0.6) is 11.5 Å². The highest BCUT2D eigenvalue weighted by atomic mass is 35.5. The van der Waals surface area contributed by atoms with E-state index >= 15 is 0 Å². The molecule has 5 aromatic rings. The number of halogens is 2. The third-order valence-electron chi connectivity index (χ3n) is 12.5. The van der Waals surface area contributed by atoms with Gasteiger partial charge < -0.3 is 84.4 Å². The molecule has 0 radical (unpaired) electrons. The van der Waals surface area contributed by atoms with Crippen LogP contribution in [0.15, 0.2) is 96.4 Å². The molecule has 7 N–H and O–H groups in total. The van der Waals surface area contributed by atoms with E-state index in [2.05, 4.69) is 46.6 Å². The highest BCUT2D eigenvalue weighted by Gasteiger charge is 2.27. The van der Waals surface area contributed by atoms with Crippen molar-refractivity contribution >= 4 is 63.5 Å². The number of benzene rings is 4. The summed E-state index contributed by atoms with van der Waals surface area (Å²) >= 11 is 5.97. The van der Waals surface area contributed by atoms with Crippen molar-refractivity contribution in [2.45, 2.75) is 57.2 Å². The van der Waals surface area contributed by atoms with Gasteiger partial charge in [-0.1, -0.05) is 59.2 Å². The van der Waals surface area contributed by atoms with Crippen LogP contribution in [-0.4, -0.2) is 185 Å². The molecule has 0 saturated carbocycles. The first kappa shape index (κ1) is 71.2. The number of unbranched alkanes of at least 4 members (excludes halogenated alkanes) is 1. The number of carbonyl (C=O) groups is 4. The minimum Gasteiger partial charge on any atom is -0.493 e. The van der Waals surface area contributed by atoms with Gasteiger partial charge in [-0.2, -0.15) is 0 Å². The van der Waals surface area contributed by atoms with Crippen molar-refractivity contribution < 1.29 is 75.7 Å². The zero-order valence-corrected chi connectivity index (χ0v) is 50.4. The summed E-state index contributed by atoms with van der Waals surface area (Å²) in [4.78, 5) is 64.9. The van der Waals surface area contributed by atoms with E-state index in [0.717, 1.165) is 5.56 Å². The van der Waals surface area contributed by atoms with Gasteiger partial charge in [-0.3, -0.25) is 14.4 Å². The van der Waals surface area contributed by atoms with E-state index in [0.29, 0.717) is 176 Å². The number of methoxy groups -OCH3 is 1. The highest BCUT2D eigenvalue weighted by molar-refractivity contribution is 6.31. The lowest BCUT2D eigenvalue weighted by atomic mass is 10.0. The van der Waals surface area contributed by atoms with Crippen molar-refractivity contribution in [3.8, 4) is 11.5 Å². The number of nitrogens with one attached hydrogen (secondary N) is 5. The fourth-order valence-electron chi connectivity index (χ4n) is 8.02. The number of alkyl carbamates (subject to hydrolysis) is 1. The van der Waals surface area contributed by atoms with Crippen LogP contribution in [0.2, 0.25) is 5.02 Å². The van der Waals surface area contributed by atoms with Crippen LogP contribution in [0.1, 0.15) is 43.2 Å². The van der Waals surface area contributed by atoms with Crippen molar-refractivity contribution in [2.75, 3.05) is 150 Å². The summed E-state index contributed by atoms with van der Waals surface area (Å²) in [6.45, 7) is 7.10. The molecule has 480 valence electrons. The van der Waals surface area contributed by atoms with Crippen molar-refractivity contribution in [1.82, 2.24) is 25.9 Å². The maximum atomic E-state index is 14.0. The molecule has 0 aliphatic heterocycles. The number of azide groups is 1. The second-order valence-corrected chi connectivity index (χ2v) is 19.6. The molecule has 0 unspecified atom stereocenters. The molecule has 28 heteroatoms. The van der Waals surface area contributed by atoms with Gasteiger partial charge in [-0.05, 0) is 85.3 Å². The molecular formula is C60H81ClFN11O15. The van der Waals surface area contributed by atoms with Crippen molar-refractivity contribution in [3.63, 3.8) is 0 Å². The first-order valence-corrected chi connectivity index (χ1v) is 29.4. The van der Waals surface area contributed by atoms with Crippen LogP contribution in [0, 0.1) is 5.82 Å². The topological polar surface area (TPSA) is 331 Å². The normalized spacial score (nSPS) is 11.7. The lowest BCUT2D eigenvalue weighted by molar-refractivity contribution is -0.131. The van der Waals surface area contributed by atoms with Gasteiger partial charge in [-0.25, -0.2) is 19.2 Å². The zero-order chi connectivity index (χ0) is 62.7. The van der Waals surface area contributed by atoms with E-state index in [-0.39, 0.29) is 50.8 Å². The van der Waals surface area contributed by atoms with E-state index in [9.17, 15) is 23.6 Å². The predicted molar refractivity (Wildman–Crippen MR) is 326 cm³/mol. The zero-order valence-electron chi connectivity index (χ0n) is 49.6. The van der Waals surface area contributed by atoms with Crippen molar-refractivity contribution in [3.05, 3.63) is 124 Å². The standard InChI is InChI=1S/C60H81ClFN11O15/c1-78-54-41-52-48(57(67-43-66-52)69-47-15-16-50(62)49(61)39-47)40-55(54)87-21-7-19-65-60(77)88-42-45-11-13-46(14-12-45)70-58(75)51(10-5-6-18-63)72-59(76)53(38-44-8-3-2-4-9-44)71-56(74)17-22-79-24-26-81-28-30-83-32-34-85-36-37-86-35-33-84-31-29-82-27-25-80-23-20-68-73-64/h2-4,8-9,11-16,39-41,43,51,53H,5-7,10,17-38,42,63H2,1H3,(H,65,77)(H,70,75)(H,71,74)(H,72,76)(H,66,67,69)/t51-,53-/m0/s1. The second kappa shape index (κ2) is 44.0. The summed E-state index contributed by atoms with van der Waals surface area (Å²) in [5, 5.41) is 18.4. The quantitative estimate of drug-likeness (QED) is 0.00989. The molecule has 0 spiro atoms. The molecule has 4 aromatic carbocycles. The van der Waals surface area contributed by atoms with Gasteiger partial charge in [0.15, 0.2) is 11.5 Å². The maximum absolute atomic E-state index is 14.0. The van der Waals surface area contributed by atoms with Gasteiger partial charge in [0.2, 0.25) is 17.7 Å². The summed E-state index contributed by atoms with van der Waals surface area (Å²) < 4.78 is 74.6. The Balaban J connectivity index is 0.939. The number of carbonyl (C=O) groups excluding carboxylic acids is 4. The maximum Gasteiger partial charge on any atom is 0.407 e. The number of hydrogen-bond acceptors (Lipinski definition) is 20. The van der Waals surface area contributed by atoms with Crippen LogP contribution in [0.4, 0.5) is 26.4 Å².